The van der Waals surface area contributed by atoms with Crippen LogP contribution in [0.15, 0.2) is 18.3 Å². The fourth-order valence-corrected chi connectivity index (χ4v) is 2.77. The van der Waals surface area contributed by atoms with Crippen LogP contribution in [0, 0.1) is 0 Å². The Morgan fingerprint density at radius 1 is 1.33 bits per heavy atom. The predicted molar refractivity (Wildman–Crippen MR) is 67.4 cm³/mol. The van der Waals surface area contributed by atoms with Gasteiger partial charge in [0.2, 0.25) is 5.88 Å². The zero-order chi connectivity index (χ0) is 12.5. The predicted octanol–water partition coefficient (Wildman–Crippen LogP) is 1.08. The van der Waals surface area contributed by atoms with E-state index in [2.05, 4.69) is 4.98 Å². The van der Waals surface area contributed by atoms with Gasteiger partial charge in [0.15, 0.2) is 6.61 Å². The average molecular weight is 247 g/mol. The van der Waals surface area contributed by atoms with Crippen LogP contribution in [0.1, 0.15) is 25.7 Å². The maximum atomic E-state index is 12.1. The molecule has 0 atom stereocenters. The zero-order valence-corrected chi connectivity index (χ0v) is 10.2. The van der Waals surface area contributed by atoms with E-state index in [4.69, 9.17) is 10.5 Å². The van der Waals surface area contributed by atoms with Gasteiger partial charge in [0.25, 0.3) is 5.91 Å². The van der Waals surface area contributed by atoms with E-state index in [-0.39, 0.29) is 24.6 Å². The van der Waals surface area contributed by atoms with Crippen molar-refractivity contribution in [2.24, 2.45) is 5.73 Å². The second-order valence-electron chi connectivity index (χ2n) is 4.95. The molecule has 0 aromatic carbocycles. The number of carbonyl (C=O) groups excluding carboxylic acids is 1. The Balaban J connectivity index is 1.88. The van der Waals surface area contributed by atoms with Gasteiger partial charge in [-0.05, 0) is 37.8 Å². The summed E-state index contributed by atoms with van der Waals surface area (Å²) in [6.45, 7) is 0.0898. The number of fused-ring (bicyclic) bond motifs is 1. The van der Waals surface area contributed by atoms with Crippen molar-refractivity contribution in [3.05, 3.63) is 18.3 Å². The van der Waals surface area contributed by atoms with Crippen molar-refractivity contribution in [2.75, 3.05) is 11.5 Å². The van der Waals surface area contributed by atoms with Gasteiger partial charge >= 0.3 is 0 Å². The summed E-state index contributed by atoms with van der Waals surface area (Å²) in [5.41, 5.74) is 6.72. The molecule has 1 aliphatic heterocycles. The lowest BCUT2D eigenvalue weighted by Crippen LogP contribution is -2.48. The van der Waals surface area contributed by atoms with E-state index in [0.717, 1.165) is 31.4 Å². The minimum Gasteiger partial charge on any atom is -0.466 e. The van der Waals surface area contributed by atoms with E-state index in [9.17, 15) is 4.79 Å². The van der Waals surface area contributed by atoms with Crippen molar-refractivity contribution in [2.45, 2.75) is 37.8 Å². The number of ether oxygens (including phenoxy) is 1. The van der Waals surface area contributed by atoms with Gasteiger partial charge in [-0.15, -0.1) is 0 Å². The molecule has 0 spiro atoms. The maximum absolute atomic E-state index is 12.1. The first-order chi connectivity index (χ1) is 8.75. The number of hydrogen-bond donors (Lipinski definition) is 1. The van der Waals surface area contributed by atoms with E-state index in [1.165, 1.54) is 0 Å². The van der Waals surface area contributed by atoms with Gasteiger partial charge in [-0.1, -0.05) is 0 Å². The molecular weight excluding hydrogens is 230 g/mol. The molecule has 5 nitrogen and oxygen atoms in total. The summed E-state index contributed by atoms with van der Waals surface area (Å²) in [7, 11) is 0. The van der Waals surface area contributed by atoms with Gasteiger partial charge in [0.05, 0.1) is 0 Å². The smallest absolute Gasteiger partial charge is 0.265 e. The molecule has 5 heteroatoms. The lowest BCUT2D eigenvalue weighted by atomic mass is 9.90. The fraction of sp³-hybridized carbons (Fsp3) is 0.538. The van der Waals surface area contributed by atoms with E-state index in [0.29, 0.717) is 5.88 Å². The minimum absolute atomic E-state index is 0.0240. The molecule has 1 saturated carbocycles. The highest BCUT2D eigenvalue weighted by molar-refractivity contribution is 5.97. The van der Waals surface area contributed by atoms with Crippen LogP contribution in [-0.4, -0.2) is 29.6 Å². The van der Waals surface area contributed by atoms with Crippen molar-refractivity contribution in [3.63, 3.8) is 0 Å². The standard InChI is InChI=1S/C13H17N3O2/c14-9-3-5-10(6-4-9)16-11-2-1-7-15-13(11)18-8-12(16)17/h1-2,7,9-10H,3-6,8,14H2. The first kappa shape index (κ1) is 11.5. The van der Waals surface area contributed by atoms with Crippen LogP contribution >= 0.6 is 0 Å². The Hall–Kier alpha value is -1.62. The van der Waals surface area contributed by atoms with Gasteiger partial charge in [-0.2, -0.15) is 0 Å². The number of rotatable bonds is 1. The van der Waals surface area contributed by atoms with Gasteiger partial charge in [0.1, 0.15) is 5.69 Å². The molecule has 2 heterocycles. The second-order valence-corrected chi connectivity index (χ2v) is 4.95. The highest BCUT2D eigenvalue weighted by atomic mass is 16.5. The van der Waals surface area contributed by atoms with Crippen LogP contribution in [0.2, 0.25) is 0 Å². The van der Waals surface area contributed by atoms with Crippen LogP contribution < -0.4 is 15.4 Å². The van der Waals surface area contributed by atoms with Crippen molar-refractivity contribution in [1.82, 2.24) is 4.98 Å². The molecule has 1 fully saturated rings. The summed E-state index contributed by atoms with van der Waals surface area (Å²) in [6.07, 6.45) is 5.56. The third-order valence-corrected chi connectivity index (χ3v) is 3.72. The molecule has 0 radical (unpaired) electrons. The number of nitrogens with two attached hydrogens (primary N) is 1. The van der Waals surface area contributed by atoms with Gasteiger partial charge < -0.3 is 15.4 Å². The largest absolute Gasteiger partial charge is 0.466 e. The SMILES string of the molecule is NC1CCC(N2C(=O)COc3ncccc32)CC1. The molecule has 1 aromatic heterocycles. The monoisotopic (exact) mass is 247 g/mol. The maximum Gasteiger partial charge on any atom is 0.265 e. The van der Waals surface area contributed by atoms with Gasteiger partial charge in [-0.3, -0.25) is 4.79 Å². The summed E-state index contributed by atoms with van der Waals surface area (Å²) in [5, 5.41) is 0. The Bertz CT molecular complexity index is 455. The summed E-state index contributed by atoms with van der Waals surface area (Å²) in [5.74, 6) is 0.586. The summed E-state index contributed by atoms with van der Waals surface area (Å²) in [4.78, 5) is 18.1. The highest BCUT2D eigenvalue weighted by Gasteiger charge is 2.33. The van der Waals surface area contributed by atoms with Crippen molar-refractivity contribution < 1.29 is 9.53 Å². The van der Waals surface area contributed by atoms with Crippen molar-refractivity contribution >= 4 is 11.6 Å². The topological polar surface area (TPSA) is 68.5 Å². The molecule has 1 aromatic rings. The normalized spacial score (nSPS) is 27.6. The average Bonchev–Trinajstić information content (AvgIpc) is 2.40. The second kappa shape index (κ2) is 4.57. The lowest BCUT2D eigenvalue weighted by Gasteiger charge is -2.38. The number of carbonyl (C=O) groups is 1. The molecule has 0 unspecified atom stereocenters. The van der Waals surface area contributed by atoms with E-state index in [1.54, 1.807) is 6.20 Å². The fourth-order valence-electron chi connectivity index (χ4n) is 2.77. The van der Waals surface area contributed by atoms with Gasteiger partial charge in [-0.25, -0.2) is 4.98 Å². The lowest BCUT2D eigenvalue weighted by molar-refractivity contribution is -0.122. The zero-order valence-electron chi connectivity index (χ0n) is 10.2. The quantitative estimate of drug-likeness (QED) is 0.806. The Labute approximate surface area is 106 Å². The summed E-state index contributed by atoms with van der Waals surface area (Å²) in [6, 6.07) is 4.26. The first-order valence-electron chi connectivity index (χ1n) is 6.41. The van der Waals surface area contributed by atoms with Crippen LogP contribution in [0.25, 0.3) is 0 Å². The number of pyridine rings is 1. The Morgan fingerprint density at radius 3 is 2.89 bits per heavy atom. The number of hydrogen-bond acceptors (Lipinski definition) is 4. The third kappa shape index (κ3) is 1.95. The van der Waals surface area contributed by atoms with E-state index in [1.807, 2.05) is 17.0 Å². The molecule has 96 valence electrons. The van der Waals surface area contributed by atoms with E-state index >= 15 is 0 Å². The molecule has 18 heavy (non-hydrogen) atoms. The number of nitrogens with zero attached hydrogens (tertiary/aromatic N) is 2. The van der Waals surface area contributed by atoms with Crippen LogP contribution in [0.4, 0.5) is 5.69 Å². The molecule has 2 aliphatic rings. The molecular formula is C13H17N3O2. The van der Waals surface area contributed by atoms with Crippen molar-refractivity contribution in [1.29, 1.82) is 0 Å². The summed E-state index contributed by atoms with van der Waals surface area (Å²) >= 11 is 0. The van der Waals surface area contributed by atoms with Gasteiger partial charge in [0, 0.05) is 18.3 Å². The first-order valence-corrected chi connectivity index (χ1v) is 6.41. The molecule has 2 N–H and O–H groups in total. The number of anilines is 1. The highest BCUT2D eigenvalue weighted by Crippen LogP contribution is 2.34. The Morgan fingerprint density at radius 2 is 2.11 bits per heavy atom. The van der Waals surface area contributed by atoms with Crippen LogP contribution in [0.5, 0.6) is 5.88 Å². The third-order valence-electron chi connectivity index (χ3n) is 3.72. The van der Waals surface area contributed by atoms with Crippen molar-refractivity contribution in [3.8, 4) is 5.88 Å². The molecule has 3 rings (SSSR count). The van der Waals surface area contributed by atoms with Crippen LogP contribution in [0.3, 0.4) is 0 Å². The molecule has 1 amide bonds. The minimum atomic E-state index is 0.0240. The summed E-state index contributed by atoms with van der Waals surface area (Å²) < 4.78 is 5.35. The molecule has 0 saturated heterocycles. The molecule has 0 bridgehead atoms. The number of amides is 1. The van der Waals surface area contributed by atoms with E-state index < -0.39 is 0 Å². The number of aromatic nitrogens is 1. The molecule has 1 aliphatic carbocycles. The van der Waals surface area contributed by atoms with Crippen LogP contribution in [-0.2, 0) is 4.79 Å². The Kier molecular flexibility index (Phi) is 2.91.